The number of likely N-dealkylation sites (N-methyl/N-ethyl adjacent to an activating group) is 1. The van der Waals surface area contributed by atoms with Crippen molar-refractivity contribution in [3.8, 4) is 0 Å². The predicted octanol–water partition coefficient (Wildman–Crippen LogP) is 2.04. The lowest BCUT2D eigenvalue weighted by molar-refractivity contribution is -0.147. The topological polar surface area (TPSA) is 70.1 Å². The molecule has 122 valence electrons. The Morgan fingerprint density at radius 1 is 1.38 bits per heavy atom. The highest BCUT2D eigenvalue weighted by Crippen LogP contribution is 2.35. The van der Waals surface area contributed by atoms with Crippen LogP contribution < -0.4 is 0 Å². The lowest BCUT2D eigenvalue weighted by Gasteiger charge is -2.40. The molecule has 1 atom stereocenters. The molecule has 0 aromatic rings. The van der Waals surface area contributed by atoms with Crippen molar-refractivity contribution in [3.05, 3.63) is 0 Å². The predicted molar refractivity (Wildman–Crippen MR) is 80.3 cm³/mol. The maximum Gasteiger partial charge on any atom is 0.329 e. The molecule has 1 unspecified atom stereocenters. The van der Waals surface area contributed by atoms with Crippen molar-refractivity contribution >= 4 is 12.0 Å². The van der Waals surface area contributed by atoms with Crippen LogP contribution in [-0.4, -0.2) is 65.3 Å². The van der Waals surface area contributed by atoms with Crippen molar-refractivity contribution in [1.82, 2.24) is 9.80 Å². The SMILES string of the molecule is CCN(C(=O)N(CCOC)C(C)C1CC1)C(C)(C)C(=O)O. The molecule has 21 heavy (non-hydrogen) atoms. The van der Waals surface area contributed by atoms with E-state index in [1.54, 1.807) is 32.8 Å². The third-order valence-electron chi connectivity index (χ3n) is 4.32. The van der Waals surface area contributed by atoms with Crippen molar-refractivity contribution in [1.29, 1.82) is 0 Å². The van der Waals surface area contributed by atoms with Crippen LogP contribution in [-0.2, 0) is 9.53 Å². The Bertz CT molecular complexity index is 380. The number of ether oxygens (including phenoxy) is 1. The van der Waals surface area contributed by atoms with Gasteiger partial charge < -0.3 is 19.6 Å². The molecule has 2 amide bonds. The molecule has 1 rings (SSSR count). The van der Waals surface area contributed by atoms with Gasteiger partial charge in [0.25, 0.3) is 0 Å². The molecule has 1 N–H and O–H groups in total. The van der Waals surface area contributed by atoms with Crippen LogP contribution in [0.2, 0.25) is 0 Å². The standard InChI is InChI=1S/C15H28N2O4/c1-6-17(15(3,4)13(18)19)14(20)16(9-10-21-5)11(2)12-7-8-12/h11-12H,6-10H2,1-5H3,(H,18,19). The quantitative estimate of drug-likeness (QED) is 0.744. The minimum atomic E-state index is -1.22. The van der Waals surface area contributed by atoms with E-state index in [0.717, 1.165) is 12.8 Å². The van der Waals surface area contributed by atoms with Crippen molar-refractivity contribution in [2.45, 2.75) is 52.1 Å². The lowest BCUT2D eigenvalue weighted by Crippen LogP contribution is -2.59. The zero-order valence-corrected chi connectivity index (χ0v) is 13.8. The zero-order chi connectivity index (χ0) is 16.2. The molecule has 0 aromatic carbocycles. The van der Waals surface area contributed by atoms with Crippen molar-refractivity contribution in [3.63, 3.8) is 0 Å². The Balaban J connectivity index is 2.92. The minimum absolute atomic E-state index is 0.117. The summed E-state index contributed by atoms with van der Waals surface area (Å²) in [4.78, 5) is 27.5. The van der Waals surface area contributed by atoms with Crippen LogP contribution in [0.3, 0.4) is 0 Å². The van der Waals surface area contributed by atoms with Crippen LogP contribution in [0.25, 0.3) is 0 Å². The fraction of sp³-hybridized carbons (Fsp3) is 0.867. The average Bonchev–Trinajstić information content (AvgIpc) is 3.23. The van der Waals surface area contributed by atoms with Gasteiger partial charge >= 0.3 is 12.0 Å². The highest BCUT2D eigenvalue weighted by molar-refractivity contribution is 5.85. The molecular formula is C15H28N2O4. The summed E-state index contributed by atoms with van der Waals surface area (Å²) >= 11 is 0. The van der Waals surface area contributed by atoms with Crippen molar-refractivity contribution in [2.75, 3.05) is 26.8 Å². The number of amides is 2. The second kappa shape index (κ2) is 7.11. The maximum absolute atomic E-state index is 12.8. The van der Waals surface area contributed by atoms with Gasteiger partial charge in [0.15, 0.2) is 0 Å². The molecule has 0 aliphatic heterocycles. The number of hydrogen-bond donors (Lipinski definition) is 1. The first-order chi connectivity index (χ1) is 9.77. The second-order valence-electron chi connectivity index (χ2n) is 6.16. The number of carbonyl (C=O) groups excluding carboxylic acids is 1. The Hall–Kier alpha value is -1.30. The highest BCUT2D eigenvalue weighted by Gasteiger charge is 2.42. The van der Waals surface area contributed by atoms with Crippen molar-refractivity contribution in [2.24, 2.45) is 5.92 Å². The summed E-state index contributed by atoms with van der Waals surface area (Å²) in [7, 11) is 1.60. The first-order valence-electron chi connectivity index (χ1n) is 7.57. The van der Waals surface area contributed by atoms with E-state index in [1.165, 1.54) is 4.90 Å². The van der Waals surface area contributed by atoms with Gasteiger partial charge in [-0.3, -0.25) is 0 Å². The number of methoxy groups -OCH3 is 1. The fourth-order valence-corrected chi connectivity index (χ4v) is 2.54. The largest absolute Gasteiger partial charge is 0.480 e. The van der Waals surface area contributed by atoms with Gasteiger partial charge in [-0.25, -0.2) is 9.59 Å². The Labute approximate surface area is 127 Å². The molecule has 0 aromatic heterocycles. The molecule has 0 bridgehead atoms. The molecule has 6 heteroatoms. The normalized spacial score (nSPS) is 16.4. The van der Waals surface area contributed by atoms with Gasteiger partial charge in [0.05, 0.1) is 6.61 Å². The molecule has 0 saturated heterocycles. The smallest absolute Gasteiger partial charge is 0.329 e. The number of carboxylic acids is 1. The molecule has 0 radical (unpaired) electrons. The van der Waals surface area contributed by atoms with Gasteiger partial charge in [0.1, 0.15) is 5.54 Å². The molecule has 1 aliphatic rings. The third kappa shape index (κ3) is 4.09. The van der Waals surface area contributed by atoms with Crippen LogP contribution in [0.15, 0.2) is 0 Å². The molecule has 1 saturated carbocycles. The first-order valence-corrected chi connectivity index (χ1v) is 7.57. The number of carboxylic acid groups (broad SMARTS) is 1. The van der Waals surface area contributed by atoms with Crippen LogP contribution >= 0.6 is 0 Å². The molecule has 0 heterocycles. The molecule has 0 spiro atoms. The number of urea groups is 1. The van der Waals surface area contributed by atoms with E-state index in [0.29, 0.717) is 25.6 Å². The molecule has 1 fully saturated rings. The second-order valence-corrected chi connectivity index (χ2v) is 6.16. The number of hydrogen-bond acceptors (Lipinski definition) is 3. The van der Waals surface area contributed by atoms with Gasteiger partial charge in [-0.05, 0) is 46.5 Å². The van der Waals surface area contributed by atoms with Gasteiger partial charge in [-0.15, -0.1) is 0 Å². The summed E-state index contributed by atoms with van der Waals surface area (Å²) in [6.45, 7) is 8.26. The van der Waals surface area contributed by atoms with Crippen LogP contribution in [0.4, 0.5) is 4.79 Å². The Kier molecular flexibility index (Phi) is 6.01. The number of aliphatic carboxylic acids is 1. The Morgan fingerprint density at radius 2 is 1.95 bits per heavy atom. The van der Waals surface area contributed by atoms with E-state index in [-0.39, 0.29) is 12.1 Å². The Morgan fingerprint density at radius 3 is 2.33 bits per heavy atom. The fourth-order valence-electron chi connectivity index (χ4n) is 2.54. The van der Waals surface area contributed by atoms with Crippen LogP contribution in [0.1, 0.15) is 40.5 Å². The van der Waals surface area contributed by atoms with E-state index in [4.69, 9.17) is 4.74 Å². The summed E-state index contributed by atoms with van der Waals surface area (Å²) < 4.78 is 5.09. The monoisotopic (exact) mass is 300 g/mol. The summed E-state index contributed by atoms with van der Waals surface area (Å²) in [5, 5.41) is 9.37. The van der Waals surface area contributed by atoms with Gasteiger partial charge in [-0.1, -0.05) is 0 Å². The van der Waals surface area contributed by atoms with Gasteiger partial charge in [0, 0.05) is 26.2 Å². The first kappa shape index (κ1) is 17.8. The van der Waals surface area contributed by atoms with E-state index in [2.05, 4.69) is 0 Å². The summed E-state index contributed by atoms with van der Waals surface area (Å²) in [6, 6.07) is -0.104. The number of rotatable bonds is 8. The lowest BCUT2D eigenvalue weighted by atomic mass is 10.0. The van der Waals surface area contributed by atoms with Crippen LogP contribution in [0, 0.1) is 5.92 Å². The number of carbonyl (C=O) groups is 2. The minimum Gasteiger partial charge on any atom is -0.480 e. The third-order valence-corrected chi connectivity index (χ3v) is 4.32. The van der Waals surface area contributed by atoms with Gasteiger partial charge in [-0.2, -0.15) is 0 Å². The summed E-state index contributed by atoms with van der Waals surface area (Å²) in [6.07, 6.45) is 2.26. The van der Waals surface area contributed by atoms with E-state index in [1.807, 2.05) is 6.92 Å². The highest BCUT2D eigenvalue weighted by atomic mass is 16.5. The zero-order valence-electron chi connectivity index (χ0n) is 13.8. The summed E-state index contributed by atoms with van der Waals surface area (Å²) in [5.41, 5.74) is -1.22. The van der Waals surface area contributed by atoms with Crippen molar-refractivity contribution < 1.29 is 19.4 Å². The van der Waals surface area contributed by atoms with E-state index in [9.17, 15) is 14.7 Å². The number of nitrogens with zero attached hydrogens (tertiary/aromatic N) is 2. The maximum atomic E-state index is 12.8. The van der Waals surface area contributed by atoms with E-state index < -0.39 is 11.5 Å². The van der Waals surface area contributed by atoms with Crippen LogP contribution in [0.5, 0.6) is 0 Å². The van der Waals surface area contributed by atoms with E-state index >= 15 is 0 Å². The molecule has 1 aliphatic carbocycles. The molecule has 6 nitrogen and oxygen atoms in total. The van der Waals surface area contributed by atoms with Gasteiger partial charge in [0.2, 0.25) is 0 Å². The average molecular weight is 300 g/mol. The summed E-state index contributed by atoms with van der Waals surface area (Å²) in [5.74, 6) is -0.471. The molecular weight excluding hydrogens is 272 g/mol.